The zero-order chi connectivity index (χ0) is 17.6. The standard InChI is InChI=1S/C15H18F3NO4/c1-3-9(2)13(14(21)22)19-12(20)8-23-11-7-5-4-6-10(11)15(16,17)18/h4-7,9,13H,3,8H2,1-2H3,(H,19,20)(H,21,22)/t9-,13-/m0/s1. The summed E-state index contributed by atoms with van der Waals surface area (Å²) in [6.45, 7) is 2.72. The Morgan fingerprint density at radius 3 is 2.43 bits per heavy atom. The molecule has 8 heteroatoms. The molecule has 0 aliphatic carbocycles. The summed E-state index contributed by atoms with van der Waals surface area (Å²) in [5, 5.41) is 11.3. The number of nitrogens with one attached hydrogen (secondary N) is 1. The molecule has 0 radical (unpaired) electrons. The molecule has 1 aromatic carbocycles. The number of carbonyl (C=O) groups is 2. The number of carboxylic acid groups (broad SMARTS) is 1. The fourth-order valence-electron chi connectivity index (χ4n) is 1.87. The molecule has 2 atom stereocenters. The van der Waals surface area contributed by atoms with Crippen molar-refractivity contribution in [2.24, 2.45) is 5.92 Å². The molecule has 0 bridgehead atoms. The summed E-state index contributed by atoms with van der Waals surface area (Å²) in [4.78, 5) is 22.8. The van der Waals surface area contributed by atoms with Gasteiger partial charge in [0.1, 0.15) is 11.8 Å². The van der Waals surface area contributed by atoms with Crippen LogP contribution in [0.15, 0.2) is 24.3 Å². The molecule has 23 heavy (non-hydrogen) atoms. The van der Waals surface area contributed by atoms with E-state index in [9.17, 15) is 22.8 Å². The van der Waals surface area contributed by atoms with E-state index in [2.05, 4.69) is 5.32 Å². The van der Waals surface area contributed by atoms with Crippen LogP contribution in [0.25, 0.3) is 0 Å². The van der Waals surface area contributed by atoms with Crippen molar-refractivity contribution in [2.75, 3.05) is 6.61 Å². The van der Waals surface area contributed by atoms with Gasteiger partial charge in [-0.3, -0.25) is 4.79 Å². The van der Waals surface area contributed by atoms with Gasteiger partial charge in [0, 0.05) is 0 Å². The second kappa shape index (κ2) is 7.85. The summed E-state index contributed by atoms with van der Waals surface area (Å²) in [5.74, 6) is -2.80. The zero-order valence-corrected chi connectivity index (χ0v) is 12.7. The number of para-hydroxylation sites is 1. The summed E-state index contributed by atoms with van der Waals surface area (Å²) in [7, 11) is 0. The molecule has 0 spiro atoms. The second-order valence-corrected chi connectivity index (χ2v) is 5.05. The van der Waals surface area contributed by atoms with Crippen molar-refractivity contribution >= 4 is 11.9 Å². The molecule has 2 N–H and O–H groups in total. The van der Waals surface area contributed by atoms with E-state index in [0.717, 1.165) is 12.1 Å². The Morgan fingerprint density at radius 1 is 1.30 bits per heavy atom. The first-order valence-electron chi connectivity index (χ1n) is 6.98. The Bertz CT molecular complexity index is 560. The van der Waals surface area contributed by atoms with Crippen LogP contribution in [0, 0.1) is 5.92 Å². The maximum absolute atomic E-state index is 12.8. The predicted molar refractivity (Wildman–Crippen MR) is 76.0 cm³/mol. The van der Waals surface area contributed by atoms with Crippen molar-refractivity contribution in [3.63, 3.8) is 0 Å². The third kappa shape index (κ3) is 5.46. The van der Waals surface area contributed by atoms with Gasteiger partial charge in [-0.1, -0.05) is 32.4 Å². The van der Waals surface area contributed by atoms with Crippen molar-refractivity contribution < 1.29 is 32.6 Å². The van der Waals surface area contributed by atoms with Crippen molar-refractivity contribution in [1.29, 1.82) is 0 Å². The Kier molecular flexibility index (Phi) is 6.41. The van der Waals surface area contributed by atoms with E-state index in [1.807, 2.05) is 0 Å². The zero-order valence-electron chi connectivity index (χ0n) is 12.7. The van der Waals surface area contributed by atoms with Crippen LogP contribution in [-0.4, -0.2) is 29.6 Å². The van der Waals surface area contributed by atoms with Crippen LogP contribution < -0.4 is 10.1 Å². The van der Waals surface area contributed by atoms with Gasteiger partial charge in [-0.15, -0.1) is 0 Å². The average Bonchev–Trinajstić information content (AvgIpc) is 2.49. The van der Waals surface area contributed by atoms with Crippen molar-refractivity contribution in [2.45, 2.75) is 32.5 Å². The molecular formula is C15H18F3NO4. The molecule has 0 aromatic heterocycles. The SMILES string of the molecule is CC[C@H](C)[C@H](NC(=O)COc1ccccc1C(F)(F)F)C(=O)O. The summed E-state index contributed by atoms with van der Waals surface area (Å²) in [6.07, 6.45) is -4.08. The lowest BCUT2D eigenvalue weighted by Crippen LogP contribution is -2.46. The molecule has 0 aliphatic heterocycles. The van der Waals surface area contributed by atoms with E-state index in [4.69, 9.17) is 9.84 Å². The van der Waals surface area contributed by atoms with Gasteiger partial charge in [0.05, 0.1) is 5.56 Å². The Balaban J connectivity index is 2.72. The summed E-state index contributed by atoms with van der Waals surface area (Å²) < 4.78 is 43.2. The minimum Gasteiger partial charge on any atom is -0.483 e. The summed E-state index contributed by atoms with van der Waals surface area (Å²) in [5.41, 5.74) is -0.996. The van der Waals surface area contributed by atoms with E-state index < -0.39 is 42.0 Å². The van der Waals surface area contributed by atoms with Gasteiger partial charge in [-0.2, -0.15) is 13.2 Å². The van der Waals surface area contributed by atoms with E-state index in [-0.39, 0.29) is 5.92 Å². The molecule has 1 rings (SSSR count). The topological polar surface area (TPSA) is 75.6 Å². The van der Waals surface area contributed by atoms with Crippen molar-refractivity contribution in [3.05, 3.63) is 29.8 Å². The first-order valence-corrected chi connectivity index (χ1v) is 6.98. The number of aliphatic carboxylic acids is 1. The van der Waals surface area contributed by atoms with Gasteiger partial charge in [-0.05, 0) is 18.1 Å². The largest absolute Gasteiger partial charge is 0.483 e. The fourth-order valence-corrected chi connectivity index (χ4v) is 1.87. The first-order chi connectivity index (χ1) is 10.7. The molecule has 5 nitrogen and oxygen atoms in total. The molecule has 0 saturated heterocycles. The third-order valence-corrected chi connectivity index (χ3v) is 3.35. The molecule has 0 fully saturated rings. The highest BCUT2D eigenvalue weighted by atomic mass is 19.4. The predicted octanol–water partition coefficient (Wildman–Crippen LogP) is 2.70. The lowest BCUT2D eigenvalue weighted by molar-refractivity contribution is -0.143. The minimum absolute atomic E-state index is 0.320. The van der Waals surface area contributed by atoms with Crippen LogP contribution in [0.4, 0.5) is 13.2 Å². The Morgan fingerprint density at radius 2 is 1.91 bits per heavy atom. The van der Waals surface area contributed by atoms with Crippen molar-refractivity contribution in [3.8, 4) is 5.75 Å². The van der Waals surface area contributed by atoms with Gasteiger partial charge in [0.15, 0.2) is 6.61 Å². The number of ether oxygens (including phenoxy) is 1. The normalized spacial score (nSPS) is 14.0. The molecule has 1 amide bonds. The number of rotatable bonds is 7. The van der Waals surface area contributed by atoms with Gasteiger partial charge in [0.25, 0.3) is 5.91 Å². The summed E-state index contributed by atoms with van der Waals surface area (Å²) >= 11 is 0. The van der Waals surface area contributed by atoms with Gasteiger partial charge < -0.3 is 15.2 Å². The lowest BCUT2D eigenvalue weighted by Gasteiger charge is -2.20. The number of alkyl halides is 3. The number of carbonyl (C=O) groups excluding carboxylic acids is 1. The van der Waals surface area contributed by atoms with Crippen LogP contribution in [0.3, 0.4) is 0 Å². The van der Waals surface area contributed by atoms with Gasteiger partial charge >= 0.3 is 12.1 Å². The van der Waals surface area contributed by atoms with Gasteiger partial charge in [-0.25, -0.2) is 4.79 Å². The molecule has 0 unspecified atom stereocenters. The molecule has 0 aliphatic rings. The number of hydrogen-bond donors (Lipinski definition) is 2. The fraction of sp³-hybridized carbons (Fsp3) is 0.467. The summed E-state index contributed by atoms with van der Waals surface area (Å²) in [6, 6.07) is 3.38. The highest BCUT2D eigenvalue weighted by Crippen LogP contribution is 2.35. The maximum atomic E-state index is 12.8. The molecule has 0 saturated carbocycles. The number of halogens is 3. The van der Waals surface area contributed by atoms with Crippen LogP contribution in [-0.2, 0) is 15.8 Å². The number of carboxylic acids is 1. The number of hydrogen-bond acceptors (Lipinski definition) is 3. The molecule has 0 heterocycles. The highest BCUT2D eigenvalue weighted by Gasteiger charge is 2.34. The molecule has 128 valence electrons. The Hall–Kier alpha value is -2.25. The van der Waals surface area contributed by atoms with Crippen molar-refractivity contribution in [1.82, 2.24) is 5.32 Å². The van der Waals surface area contributed by atoms with Crippen LogP contribution in [0.2, 0.25) is 0 Å². The van der Waals surface area contributed by atoms with E-state index in [1.54, 1.807) is 13.8 Å². The third-order valence-electron chi connectivity index (χ3n) is 3.35. The molecule has 1 aromatic rings. The first kappa shape index (κ1) is 18.8. The maximum Gasteiger partial charge on any atom is 0.419 e. The quantitative estimate of drug-likeness (QED) is 0.804. The highest BCUT2D eigenvalue weighted by molar-refractivity contribution is 5.84. The number of benzene rings is 1. The van der Waals surface area contributed by atoms with Crippen LogP contribution in [0.5, 0.6) is 5.75 Å². The van der Waals surface area contributed by atoms with E-state index >= 15 is 0 Å². The number of amides is 1. The lowest BCUT2D eigenvalue weighted by atomic mass is 9.99. The minimum atomic E-state index is -4.60. The van der Waals surface area contributed by atoms with E-state index in [0.29, 0.717) is 6.42 Å². The van der Waals surface area contributed by atoms with E-state index in [1.165, 1.54) is 12.1 Å². The van der Waals surface area contributed by atoms with Crippen LogP contribution in [0.1, 0.15) is 25.8 Å². The van der Waals surface area contributed by atoms with Crippen LogP contribution >= 0.6 is 0 Å². The average molecular weight is 333 g/mol. The smallest absolute Gasteiger partial charge is 0.419 e. The molecular weight excluding hydrogens is 315 g/mol. The second-order valence-electron chi connectivity index (χ2n) is 5.05. The Labute approximate surface area is 131 Å². The monoisotopic (exact) mass is 333 g/mol. The van der Waals surface area contributed by atoms with Gasteiger partial charge in [0.2, 0.25) is 0 Å².